The van der Waals surface area contributed by atoms with Crippen molar-refractivity contribution in [2.24, 2.45) is 0 Å². The van der Waals surface area contributed by atoms with Crippen LogP contribution >= 0.6 is 0 Å². The molecule has 3 heterocycles. The van der Waals surface area contributed by atoms with Gasteiger partial charge in [-0.3, -0.25) is 10.1 Å². The van der Waals surface area contributed by atoms with Crippen molar-refractivity contribution >= 4 is 21.1 Å². The van der Waals surface area contributed by atoms with Gasteiger partial charge in [0.2, 0.25) is 10.0 Å². The van der Waals surface area contributed by atoms with Gasteiger partial charge >= 0.3 is 0 Å². The average molecular weight is 346 g/mol. The summed E-state index contributed by atoms with van der Waals surface area (Å²) in [7, 11) is -3.50. The number of rotatable bonds is 4. The van der Waals surface area contributed by atoms with Crippen LogP contribution in [0.3, 0.4) is 0 Å². The van der Waals surface area contributed by atoms with E-state index in [9.17, 15) is 8.42 Å². The number of fused-ring (bicyclic) bond motifs is 1. The summed E-state index contributed by atoms with van der Waals surface area (Å²) in [6.45, 7) is 0. The zero-order valence-electron chi connectivity index (χ0n) is 13.0. The lowest BCUT2D eigenvalue weighted by atomic mass is 9.82. The molecule has 0 unspecified atom stereocenters. The van der Waals surface area contributed by atoms with E-state index >= 15 is 0 Å². The van der Waals surface area contributed by atoms with Crippen LogP contribution in [0, 0.1) is 0 Å². The molecule has 0 amide bonds. The third-order valence-corrected chi connectivity index (χ3v) is 6.12. The molecule has 0 spiro atoms. The molecule has 3 aromatic rings. The molecule has 126 valence electrons. The zero-order valence-corrected chi connectivity index (χ0v) is 13.8. The standard InChI is InChI=1S/C16H18N4O3S/c21-24(22,13-8-18-19-9-13)20-12-5-3-11(4-6-12)14-10-23-15-2-1-7-17-16(14)15/h1-2,7-12,20H,3-6H2,(H,18,19). The molecule has 0 saturated heterocycles. The zero-order chi connectivity index (χ0) is 16.6. The van der Waals surface area contributed by atoms with Crippen LogP contribution in [0.25, 0.3) is 11.1 Å². The van der Waals surface area contributed by atoms with Crippen molar-refractivity contribution in [1.82, 2.24) is 19.9 Å². The monoisotopic (exact) mass is 346 g/mol. The molecule has 0 bridgehead atoms. The van der Waals surface area contributed by atoms with E-state index in [4.69, 9.17) is 4.42 Å². The van der Waals surface area contributed by atoms with Crippen LogP contribution in [0.4, 0.5) is 0 Å². The van der Waals surface area contributed by atoms with Crippen molar-refractivity contribution in [2.45, 2.75) is 42.5 Å². The molecule has 2 N–H and O–H groups in total. The highest BCUT2D eigenvalue weighted by molar-refractivity contribution is 7.89. The van der Waals surface area contributed by atoms with Crippen LogP contribution in [0.2, 0.25) is 0 Å². The van der Waals surface area contributed by atoms with Gasteiger partial charge in [-0.05, 0) is 43.7 Å². The number of nitrogens with one attached hydrogen (secondary N) is 2. The topological polar surface area (TPSA) is 101 Å². The smallest absolute Gasteiger partial charge is 0.243 e. The van der Waals surface area contributed by atoms with Crippen LogP contribution in [-0.2, 0) is 10.0 Å². The number of pyridine rings is 1. The van der Waals surface area contributed by atoms with E-state index in [0.29, 0.717) is 5.92 Å². The fourth-order valence-corrected chi connectivity index (χ4v) is 4.58. The Bertz CT molecular complexity index is 925. The number of furan rings is 1. The third kappa shape index (κ3) is 2.83. The molecule has 1 aliphatic rings. The highest BCUT2D eigenvalue weighted by Crippen LogP contribution is 2.37. The minimum atomic E-state index is -3.50. The van der Waals surface area contributed by atoms with Crippen LogP contribution in [0.15, 0.2) is 46.3 Å². The lowest BCUT2D eigenvalue weighted by molar-refractivity contribution is 0.373. The number of sulfonamides is 1. The molecular weight excluding hydrogens is 328 g/mol. The number of H-pyrrole nitrogens is 1. The molecule has 0 aromatic carbocycles. The second-order valence-electron chi connectivity index (χ2n) is 6.15. The van der Waals surface area contributed by atoms with E-state index < -0.39 is 10.0 Å². The lowest BCUT2D eigenvalue weighted by Crippen LogP contribution is -2.37. The van der Waals surface area contributed by atoms with Gasteiger partial charge in [-0.2, -0.15) is 5.10 Å². The Balaban J connectivity index is 1.44. The lowest BCUT2D eigenvalue weighted by Gasteiger charge is -2.28. The predicted molar refractivity (Wildman–Crippen MR) is 87.9 cm³/mol. The highest BCUT2D eigenvalue weighted by atomic mass is 32.2. The molecule has 1 saturated carbocycles. The number of aromatic amines is 1. The highest BCUT2D eigenvalue weighted by Gasteiger charge is 2.28. The van der Waals surface area contributed by atoms with Crippen molar-refractivity contribution < 1.29 is 12.8 Å². The van der Waals surface area contributed by atoms with Gasteiger partial charge in [0.15, 0.2) is 5.58 Å². The summed E-state index contributed by atoms with van der Waals surface area (Å²) in [5.41, 5.74) is 2.84. The summed E-state index contributed by atoms with van der Waals surface area (Å²) in [5, 5.41) is 6.22. The maximum atomic E-state index is 12.3. The Morgan fingerprint density at radius 1 is 1.25 bits per heavy atom. The summed E-state index contributed by atoms with van der Waals surface area (Å²) >= 11 is 0. The summed E-state index contributed by atoms with van der Waals surface area (Å²) in [4.78, 5) is 4.59. The van der Waals surface area contributed by atoms with Gasteiger partial charge in [0.05, 0.1) is 12.5 Å². The fourth-order valence-electron chi connectivity index (χ4n) is 3.37. The van der Waals surface area contributed by atoms with Crippen molar-refractivity contribution in [3.8, 4) is 0 Å². The van der Waals surface area contributed by atoms with E-state index in [2.05, 4.69) is 19.9 Å². The molecule has 4 rings (SSSR count). The van der Waals surface area contributed by atoms with E-state index in [0.717, 1.165) is 42.3 Å². The Kier molecular flexibility index (Phi) is 3.85. The summed E-state index contributed by atoms with van der Waals surface area (Å²) in [5.74, 6) is 0.357. The minimum absolute atomic E-state index is 0.0488. The molecule has 24 heavy (non-hydrogen) atoms. The third-order valence-electron chi connectivity index (χ3n) is 4.63. The summed E-state index contributed by atoms with van der Waals surface area (Å²) in [6, 6.07) is 3.72. The van der Waals surface area contributed by atoms with Crippen molar-refractivity contribution in [1.29, 1.82) is 0 Å². The van der Waals surface area contributed by atoms with Gasteiger partial charge in [-0.1, -0.05) is 0 Å². The first-order valence-electron chi connectivity index (χ1n) is 7.97. The second kappa shape index (κ2) is 6.03. The van der Waals surface area contributed by atoms with E-state index in [1.165, 1.54) is 12.4 Å². The SMILES string of the molecule is O=S(=O)(NC1CCC(c2coc3cccnc23)CC1)c1cn[nH]c1. The number of nitrogens with zero attached hydrogens (tertiary/aromatic N) is 2. The number of aromatic nitrogens is 3. The molecule has 1 fully saturated rings. The first-order valence-corrected chi connectivity index (χ1v) is 9.45. The summed E-state index contributed by atoms with van der Waals surface area (Å²) in [6.07, 6.45) is 9.66. The summed E-state index contributed by atoms with van der Waals surface area (Å²) < 4.78 is 32.8. The molecule has 7 nitrogen and oxygen atoms in total. The van der Waals surface area contributed by atoms with Gasteiger partial charge in [0.1, 0.15) is 10.4 Å². The maximum Gasteiger partial charge on any atom is 0.243 e. The van der Waals surface area contributed by atoms with Gasteiger partial charge < -0.3 is 4.42 Å². The molecule has 1 aliphatic carbocycles. The molecule has 8 heteroatoms. The normalized spacial score (nSPS) is 22.0. The minimum Gasteiger partial charge on any atom is -0.462 e. The largest absolute Gasteiger partial charge is 0.462 e. The van der Waals surface area contributed by atoms with Crippen LogP contribution in [0.1, 0.15) is 37.2 Å². The maximum absolute atomic E-state index is 12.3. The Morgan fingerprint density at radius 3 is 2.83 bits per heavy atom. The van der Waals surface area contributed by atoms with Crippen LogP contribution in [0.5, 0.6) is 0 Å². The quantitative estimate of drug-likeness (QED) is 0.756. The second-order valence-corrected chi connectivity index (χ2v) is 7.86. The number of hydrogen-bond donors (Lipinski definition) is 2. The van der Waals surface area contributed by atoms with Gasteiger partial charge in [0, 0.05) is 24.0 Å². The molecule has 0 aliphatic heterocycles. The molecular formula is C16H18N4O3S. The molecule has 3 aromatic heterocycles. The van der Waals surface area contributed by atoms with Crippen molar-refractivity contribution in [3.63, 3.8) is 0 Å². The molecule has 0 radical (unpaired) electrons. The van der Waals surface area contributed by atoms with Crippen molar-refractivity contribution in [3.05, 3.63) is 42.5 Å². The predicted octanol–water partition coefficient (Wildman–Crippen LogP) is 2.56. The first kappa shape index (κ1) is 15.3. The van der Waals surface area contributed by atoms with Crippen LogP contribution < -0.4 is 4.72 Å². The molecule has 0 atom stereocenters. The number of hydrogen-bond acceptors (Lipinski definition) is 5. The Hall–Kier alpha value is -2.19. The fraction of sp³-hybridized carbons (Fsp3) is 0.375. The van der Waals surface area contributed by atoms with E-state index in [-0.39, 0.29) is 10.9 Å². The Morgan fingerprint density at radius 2 is 2.08 bits per heavy atom. The van der Waals surface area contributed by atoms with Gasteiger partial charge in [-0.15, -0.1) is 0 Å². The van der Waals surface area contributed by atoms with Gasteiger partial charge in [-0.25, -0.2) is 13.1 Å². The van der Waals surface area contributed by atoms with Crippen LogP contribution in [-0.4, -0.2) is 29.6 Å². The average Bonchev–Trinajstić information content (AvgIpc) is 3.26. The van der Waals surface area contributed by atoms with E-state index in [1.54, 1.807) is 12.5 Å². The Labute approximate surface area is 139 Å². The first-order chi connectivity index (χ1) is 11.6. The van der Waals surface area contributed by atoms with Crippen molar-refractivity contribution in [2.75, 3.05) is 0 Å². The van der Waals surface area contributed by atoms with E-state index in [1.807, 2.05) is 12.1 Å². The van der Waals surface area contributed by atoms with Gasteiger partial charge in [0.25, 0.3) is 0 Å².